The van der Waals surface area contributed by atoms with E-state index in [0.29, 0.717) is 29.4 Å². The number of nitrogens with one attached hydrogen (secondary N) is 2. The number of hydrogen-bond acceptors (Lipinski definition) is 3. The first-order chi connectivity index (χ1) is 11.2. The number of benzene rings is 1. The molecule has 0 radical (unpaired) electrons. The lowest BCUT2D eigenvalue weighted by Crippen LogP contribution is -2.35. The van der Waals surface area contributed by atoms with E-state index in [1.54, 1.807) is 18.5 Å². The van der Waals surface area contributed by atoms with E-state index >= 15 is 0 Å². The molecule has 1 amide bonds. The molecule has 0 saturated carbocycles. The normalized spacial score (nSPS) is 13.9. The first-order valence-corrected chi connectivity index (χ1v) is 7.70. The molecule has 0 spiro atoms. The zero-order valence-electron chi connectivity index (χ0n) is 12.2. The predicted octanol–water partition coefficient (Wildman–Crippen LogP) is 2.65. The highest BCUT2D eigenvalue weighted by Crippen LogP contribution is 2.26. The monoisotopic (exact) mass is 327 g/mol. The van der Waals surface area contributed by atoms with Gasteiger partial charge in [-0.15, -0.1) is 0 Å². The first-order valence-electron chi connectivity index (χ1n) is 7.32. The summed E-state index contributed by atoms with van der Waals surface area (Å²) in [6.07, 6.45) is 4.14. The molecule has 0 fully saturated rings. The molecular weight excluding hydrogens is 314 g/mol. The highest BCUT2D eigenvalue weighted by atomic mass is 35.5. The van der Waals surface area contributed by atoms with E-state index in [9.17, 15) is 4.79 Å². The molecular formula is C16H14ClN5O. The van der Waals surface area contributed by atoms with Crippen LogP contribution in [-0.2, 0) is 13.0 Å². The van der Waals surface area contributed by atoms with Crippen molar-refractivity contribution in [1.29, 1.82) is 0 Å². The highest BCUT2D eigenvalue weighted by molar-refractivity contribution is 6.30. The number of carbonyl (C=O) groups excluding carboxylic acids is 1. The van der Waals surface area contributed by atoms with Gasteiger partial charge >= 0.3 is 0 Å². The SMILES string of the molecule is O=C(c1cn[nH]c1-c1cccc(Cl)c1)N1CCc2[nH]ncc2C1. The van der Waals surface area contributed by atoms with Crippen LogP contribution in [0, 0.1) is 0 Å². The Balaban J connectivity index is 1.64. The summed E-state index contributed by atoms with van der Waals surface area (Å²) >= 11 is 6.05. The Kier molecular flexibility index (Phi) is 3.38. The van der Waals surface area contributed by atoms with Gasteiger partial charge in [-0.05, 0) is 12.1 Å². The first kappa shape index (κ1) is 14.0. The van der Waals surface area contributed by atoms with Gasteiger partial charge in [0.1, 0.15) is 0 Å². The quantitative estimate of drug-likeness (QED) is 0.759. The molecule has 0 saturated heterocycles. The van der Waals surface area contributed by atoms with Crippen molar-refractivity contribution in [1.82, 2.24) is 25.3 Å². The number of hydrogen-bond donors (Lipinski definition) is 2. The van der Waals surface area contributed by atoms with Crippen LogP contribution in [0.5, 0.6) is 0 Å². The van der Waals surface area contributed by atoms with Crippen LogP contribution in [0.15, 0.2) is 36.7 Å². The average Bonchev–Trinajstić information content (AvgIpc) is 3.22. The van der Waals surface area contributed by atoms with Crippen molar-refractivity contribution >= 4 is 17.5 Å². The standard InChI is InChI=1S/C16H14ClN5O/c17-12-3-1-2-10(6-12)15-13(8-19-21-15)16(23)22-5-4-14-11(9-22)7-18-20-14/h1-3,6-8H,4-5,9H2,(H,18,20)(H,19,21). The molecule has 3 heterocycles. The van der Waals surface area contributed by atoms with E-state index in [-0.39, 0.29) is 5.91 Å². The number of aromatic amines is 2. The number of rotatable bonds is 2. The maximum Gasteiger partial charge on any atom is 0.258 e. The maximum atomic E-state index is 12.9. The number of amides is 1. The summed E-state index contributed by atoms with van der Waals surface area (Å²) in [5, 5.41) is 14.6. The fraction of sp³-hybridized carbons (Fsp3) is 0.188. The van der Waals surface area contributed by atoms with E-state index < -0.39 is 0 Å². The van der Waals surface area contributed by atoms with Crippen LogP contribution < -0.4 is 0 Å². The zero-order chi connectivity index (χ0) is 15.8. The molecule has 6 nitrogen and oxygen atoms in total. The summed E-state index contributed by atoms with van der Waals surface area (Å²) in [7, 11) is 0. The zero-order valence-corrected chi connectivity index (χ0v) is 13.0. The van der Waals surface area contributed by atoms with Crippen LogP contribution in [0.25, 0.3) is 11.3 Å². The van der Waals surface area contributed by atoms with Crippen LogP contribution >= 0.6 is 11.6 Å². The summed E-state index contributed by atoms with van der Waals surface area (Å²) in [4.78, 5) is 14.7. The molecule has 4 rings (SSSR count). The summed E-state index contributed by atoms with van der Waals surface area (Å²) < 4.78 is 0. The van der Waals surface area contributed by atoms with Crippen molar-refractivity contribution in [3.8, 4) is 11.3 Å². The molecule has 3 aromatic rings. The van der Waals surface area contributed by atoms with Crippen molar-refractivity contribution in [2.45, 2.75) is 13.0 Å². The third-order valence-corrected chi connectivity index (χ3v) is 4.31. The third-order valence-electron chi connectivity index (χ3n) is 4.07. The summed E-state index contributed by atoms with van der Waals surface area (Å²) in [6.45, 7) is 1.22. The van der Waals surface area contributed by atoms with Crippen LogP contribution in [-0.4, -0.2) is 37.7 Å². The average molecular weight is 328 g/mol. The Morgan fingerprint density at radius 2 is 2.09 bits per heavy atom. The molecule has 0 atom stereocenters. The largest absolute Gasteiger partial charge is 0.334 e. The van der Waals surface area contributed by atoms with Crippen LogP contribution in [0.1, 0.15) is 21.6 Å². The lowest BCUT2D eigenvalue weighted by Gasteiger charge is -2.26. The van der Waals surface area contributed by atoms with E-state index in [0.717, 1.165) is 23.2 Å². The third kappa shape index (κ3) is 2.51. The van der Waals surface area contributed by atoms with Crippen molar-refractivity contribution in [3.05, 3.63) is 58.5 Å². The van der Waals surface area contributed by atoms with Gasteiger partial charge in [0, 0.05) is 41.4 Å². The number of fused-ring (bicyclic) bond motifs is 1. The molecule has 1 aliphatic rings. The molecule has 2 N–H and O–H groups in total. The minimum atomic E-state index is -0.0411. The fourth-order valence-electron chi connectivity index (χ4n) is 2.88. The molecule has 1 aromatic carbocycles. The van der Waals surface area contributed by atoms with Gasteiger partial charge in [-0.2, -0.15) is 10.2 Å². The second-order valence-electron chi connectivity index (χ2n) is 5.52. The molecule has 2 aromatic heterocycles. The Hall–Kier alpha value is -2.60. The van der Waals surface area contributed by atoms with Gasteiger partial charge in [0.25, 0.3) is 5.91 Å². The fourth-order valence-corrected chi connectivity index (χ4v) is 3.07. The number of carbonyl (C=O) groups is 1. The topological polar surface area (TPSA) is 77.7 Å². The van der Waals surface area contributed by atoms with Crippen LogP contribution in [0.2, 0.25) is 5.02 Å². The van der Waals surface area contributed by atoms with E-state index in [2.05, 4.69) is 20.4 Å². The Labute approximate surface area is 137 Å². The molecule has 0 aliphatic carbocycles. The van der Waals surface area contributed by atoms with Gasteiger partial charge in [0.05, 0.1) is 23.7 Å². The number of H-pyrrole nitrogens is 2. The van der Waals surface area contributed by atoms with E-state index in [4.69, 9.17) is 11.6 Å². The van der Waals surface area contributed by atoms with Crippen LogP contribution in [0.3, 0.4) is 0 Å². The molecule has 7 heteroatoms. The van der Waals surface area contributed by atoms with Crippen molar-refractivity contribution in [3.63, 3.8) is 0 Å². The second kappa shape index (κ2) is 5.55. The summed E-state index contributed by atoms with van der Waals surface area (Å²) in [6, 6.07) is 7.37. The van der Waals surface area contributed by atoms with Gasteiger partial charge in [-0.3, -0.25) is 15.0 Å². The summed E-state index contributed by atoms with van der Waals surface area (Å²) in [5.41, 5.74) is 4.27. The van der Waals surface area contributed by atoms with Crippen molar-refractivity contribution < 1.29 is 4.79 Å². The molecule has 1 aliphatic heterocycles. The van der Waals surface area contributed by atoms with Crippen LogP contribution in [0.4, 0.5) is 0 Å². The van der Waals surface area contributed by atoms with Crippen molar-refractivity contribution in [2.75, 3.05) is 6.54 Å². The lowest BCUT2D eigenvalue weighted by atomic mass is 10.0. The molecule has 116 valence electrons. The number of halogens is 1. The maximum absolute atomic E-state index is 12.9. The minimum absolute atomic E-state index is 0.0411. The van der Waals surface area contributed by atoms with Gasteiger partial charge in [0.15, 0.2) is 0 Å². The van der Waals surface area contributed by atoms with Gasteiger partial charge < -0.3 is 4.90 Å². The number of aromatic nitrogens is 4. The molecule has 23 heavy (non-hydrogen) atoms. The number of nitrogens with zero attached hydrogens (tertiary/aromatic N) is 3. The second-order valence-corrected chi connectivity index (χ2v) is 5.96. The predicted molar refractivity (Wildman–Crippen MR) is 86.1 cm³/mol. The molecule has 0 unspecified atom stereocenters. The van der Waals surface area contributed by atoms with E-state index in [1.807, 2.05) is 23.1 Å². The Bertz CT molecular complexity index is 869. The molecule has 0 bridgehead atoms. The minimum Gasteiger partial charge on any atom is -0.334 e. The van der Waals surface area contributed by atoms with Gasteiger partial charge in [-0.1, -0.05) is 23.7 Å². The smallest absolute Gasteiger partial charge is 0.258 e. The van der Waals surface area contributed by atoms with E-state index in [1.165, 1.54) is 0 Å². The lowest BCUT2D eigenvalue weighted by molar-refractivity contribution is 0.0735. The van der Waals surface area contributed by atoms with Crippen molar-refractivity contribution in [2.24, 2.45) is 0 Å². The summed E-state index contributed by atoms with van der Waals surface area (Å²) in [5.74, 6) is -0.0411. The van der Waals surface area contributed by atoms with Gasteiger partial charge in [-0.25, -0.2) is 0 Å². The van der Waals surface area contributed by atoms with Gasteiger partial charge in [0.2, 0.25) is 0 Å². The highest BCUT2D eigenvalue weighted by Gasteiger charge is 2.25. The Morgan fingerprint density at radius 3 is 2.96 bits per heavy atom. The Morgan fingerprint density at radius 1 is 1.22 bits per heavy atom.